The van der Waals surface area contributed by atoms with Crippen molar-refractivity contribution in [3.05, 3.63) is 34.3 Å². The fourth-order valence-electron chi connectivity index (χ4n) is 1.96. The molecule has 0 saturated carbocycles. The molecule has 4 heteroatoms. The van der Waals surface area contributed by atoms with Gasteiger partial charge in [0.15, 0.2) is 0 Å². The van der Waals surface area contributed by atoms with E-state index in [0.29, 0.717) is 6.10 Å². The van der Waals surface area contributed by atoms with E-state index >= 15 is 0 Å². The predicted molar refractivity (Wildman–Crippen MR) is 80.7 cm³/mol. The lowest BCUT2D eigenvalue weighted by Gasteiger charge is -2.27. The van der Waals surface area contributed by atoms with E-state index in [0.717, 1.165) is 35.0 Å². The van der Waals surface area contributed by atoms with Crippen LogP contribution in [0.3, 0.4) is 0 Å². The Morgan fingerprint density at radius 3 is 2.82 bits per heavy atom. The van der Waals surface area contributed by atoms with E-state index in [4.69, 9.17) is 9.47 Å². The summed E-state index contributed by atoms with van der Waals surface area (Å²) in [6.45, 7) is 1.66. The van der Waals surface area contributed by atoms with Crippen LogP contribution < -0.4 is 0 Å². The number of hydrogen-bond donors (Lipinski definition) is 0. The first-order valence-electron chi connectivity index (χ1n) is 5.84. The fourth-order valence-corrected chi connectivity index (χ4v) is 3.09. The lowest BCUT2D eigenvalue weighted by Crippen LogP contribution is -2.25. The summed E-state index contributed by atoms with van der Waals surface area (Å²) in [7, 11) is 0. The third-order valence-electron chi connectivity index (χ3n) is 2.89. The van der Waals surface area contributed by atoms with Gasteiger partial charge in [-0.05, 0) is 30.5 Å². The Morgan fingerprint density at radius 2 is 2.18 bits per heavy atom. The Balaban J connectivity index is 2.00. The maximum atomic E-state index is 6.17. The van der Waals surface area contributed by atoms with Crippen molar-refractivity contribution in [3.63, 3.8) is 0 Å². The van der Waals surface area contributed by atoms with Crippen LogP contribution in [0.1, 0.15) is 24.5 Å². The molecule has 2 rings (SSSR count). The Bertz CT molecular complexity index is 353. The molecule has 0 bridgehead atoms. The lowest BCUT2D eigenvalue weighted by atomic mass is 10.1. The van der Waals surface area contributed by atoms with Crippen LogP contribution in [0.2, 0.25) is 0 Å². The standard InChI is InChI=1S/C13H16BrIO2/c14-11-3-1-2-10(8-11)13(9-15)17-12-4-6-16-7-5-12/h1-3,8,12-13H,4-7,9H2. The number of rotatable bonds is 4. The quantitative estimate of drug-likeness (QED) is 0.549. The van der Waals surface area contributed by atoms with Gasteiger partial charge in [0.25, 0.3) is 0 Å². The molecule has 1 saturated heterocycles. The molecule has 1 atom stereocenters. The van der Waals surface area contributed by atoms with Gasteiger partial charge in [-0.1, -0.05) is 50.7 Å². The first-order valence-corrected chi connectivity index (χ1v) is 8.16. The molecule has 0 N–H and O–H groups in total. The summed E-state index contributed by atoms with van der Waals surface area (Å²) in [5, 5.41) is 0. The van der Waals surface area contributed by atoms with Crippen molar-refractivity contribution in [1.29, 1.82) is 0 Å². The van der Waals surface area contributed by atoms with Crippen LogP contribution in [0, 0.1) is 0 Å². The van der Waals surface area contributed by atoms with Crippen molar-refractivity contribution >= 4 is 38.5 Å². The van der Waals surface area contributed by atoms with Crippen molar-refractivity contribution in [2.24, 2.45) is 0 Å². The van der Waals surface area contributed by atoms with Gasteiger partial charge in [0.2, 0.25) is 0 Å². The molecular formula is C13H16BrIO2. The van der Waals surface area contributed by atoms with Gasteiger partial charge in [-0.15, -0.1) is 0 Å². The van der Waals surface area contributed by atoms with E-state index < -0.39 is 0 Å². The first kappa shape index (κ1) is 13.8. The number of alkyl halides is 1. The second kappa shape index (κ2) is 7.07. The topological polar surface area (TPSA) is 18.5 Å². The molecule has 1 fully saturated rings. The summed E-state index contributed by atoms with van der Waals surface area (Å²) in [4.78, 5) is 0. The molecule has 0 amide bonds. The molecule has 0 spiro atoms. The van der Waals surface area contributed by atoms with Gasteiger partial charge in [-0.2, -0.15) is 0 Å². The van der Waals surface area contributed by atoms with E-state index in [-0.39, 0.29) is 6.10 Å². The van der Waals surface area contributed by atoms with E-state index in [1.54, 1.807) is 0 Å². The summed E-state index contributed by atoms with van der Waals surface area (Å²) >= 11 is 5.90. The Labute approximate surface area is 124 Å². The molecule has 1 unspecified atom stereocenters. The molecule has 1 aliphatic heterocycles. The normalized spacial score (nSPS) is 19.2. The van der Waals surface area contributed by atoms with Crippen molar-refractivity contribution in [1.82, 2.24) is 0 Å². The van der Waals surface area contributed by atoms with Crippen molar-refractivity contribution < 1.29 is 9.47 Å². The van der Waals surface area contributed by atoms with Crippen molar-refractivity contribution in [3.8, 4) is 0 Å². The molecule has 0 aromatic heterocycles. The molecule has 0 radical (unpaired) electrons. The number of halogens is 2. The highest BCUT2D eigenvalue weighted by Crippen LogP contribution is 2.26. The molecule has 1 aromatic carbocycles. The average molecular weight is 411 g/mol. The average Bonchev–Trinajstić information content (AvgIpc) is 2.37. The molecule has 2 nitrogen and oxygen atoms in total. The molecule has 17 heavy (non-hydrogen) atoms. The van der Waals surface area contributed by atoms with E-state index in [1.807, 2.05) is 6.07 Å². The third kappa shape index (κ3) is 4.19. The van der Waals surface area contributed by atoms with Crippen molar-refractivity contribution in [2.75, 3.05) is 17.6 Å². The number of benzene rings is 1. The van der Waals surface area contributed by atoms with Gasteiger partial charge < -0.3 is 9.47 Å². The molecule has 1 aliphatic rings. The molecule has 0 aliphatic carbocycles. The van der Waals surface area contributed by atoms with Gasteiger partial charge in [0.1, 0.15) is 0 Å². The maximum absolute atomic E-state index is 6.17. The van der Waals surface area contributed by atoms with Gasteiger partial charge in [0.05, 0.1) is 12.2 Å². The van der Waals surface area contributed by atoms with Crippen LogP contribution >= 0.6 is 38.5 Å². The number of hydrogen-bond acceptors (Lipinski definition) is 2. The monoisotopic (exact) mass is 410 g/mol. The van der Waals surface area contributed by atoms with Gasteiger partial charge in [-0.25, -0.2) is 0 Å². The van der Waals surface area contributed by atoms with E-state index in [9.17, 15) is 0 Å². The first-order chi connectivity index (χ1) is 8.29. The summed E-state index contributed by atoms with van der Waals surface area (Å²) < 4.78 is 13.6. The van der Waals surface area contributed by atoms with Crippen LogP contribution in [0.25, 0.3) is 0 Å². The Hall–Kier alpha value is 0.350. The Morgan fingerprint density at radius 1 is 1.41 bits per heavy atom. The smallest absolute Gasteiger partial charge is 0.0918 e. The minimum absolute atomic E-state index is 0.191. The zero-order valence-electron chi connectivity index (χ0n) is 9.57. The largest absolute Gasteiger partial charge is 0.381 e. The van der Waals surface area contributed by atoms with Gasteiger partial charge in [-0.3, -0.25) is 0 Å². The third-order valence-corrected chi connectivity index (χ3v) is 4.18. The zero-order valence-corrected chi connectivity index (χ0v) is 13.3. The Kier molecular flexibility index (Phi) is 5.72. The maximum Gasteiger partial charge on any atom is 0.0918 e. The summed E-state index contributed by atoms with van der Waals surface area (Å²) in [5.41, 5.74) is 1.25. The summed E-state index contributed by atoms with van der Waals surface area (Å²) in [6, 6.07) is 8.38. The number of ether oxygens (including phenoxy) is 2. The van der Waals surface area contributed by atoms with Gasteiger partial charge in [0, 0.05) is 22.1 Å². The zero-order chi connectivity index (χ0) is 12.1. The van der Waals surface area contributed by atoms with Crippen LogP contribution in [0.4, 0.5) is 0 Å². The molecule has 94 valence electrons. The molecule has 1 heterocycles. The van der Waals surface area contributed by atoms with Gasteiger partial charge >= 0.3 is 0 Å². The minimum Gasteiger partial charge on any atom is -0.381 e. The predicted octanol–water partition coefficient (Wildman–Crippen LogP) is 4.12. The van der Waals surface area contributed by atoms with Crippen LogP contribution in [0.15, 0.2) is 28.7 Å². The fraction of sp³-hybridized carbons (Fsp3) is 0.538. The highest BCUT2D eigenvalue weighted by atomic mass is 127. The van der Waals surface area contributed by atoms with Crippen LogP contribution in [-0.2, 0) is 9.47 Å². The SMILES string of the molecule is Brc1cccc(C(CI)OC2CCOCC2)c1. The van der Waals surface area contributed by atoms with Crippen molar-refractivity contribution in [2.45, 2.75) is 25.0 Å². The highest BCUT2D eigenvalue weighted by Gasteiger charge is 2.20. The van der Waals surface area contributed by atoms with E-state index in [2.05, 4.69) is 56.7 Å². The van der Waals surface area contributed by atoms with E-state index in [1.165, 1.54) is 5.56 Å². The second-order valence-electron chi connectivity index (χ2n) is 4.15. The van der Waals surface area contributed by atoms with Crippen LogP contribution in [-0.4, -0.2) is 23.7 Å². The van der Waals surface area contributed by atoms with Crippen LogP contribution in [0.5, 0.6) is 0 Å². The minimum atomic E-state index is 0.191. The lowest BCUT2D eigenvalue weighted by molar-refractivity contribution is -0.0611. The summed E-state index contributed by atoms with van der Waals surface area (Å²) in [6.07, 6.45) is 2.57. The molecular weight excluding hydrogens is 395 g/mol. The summed E-state index contributed by atoms with van der Waals surface area (Å²) in [5.74, 6) is 0. The molecule has 1 aromatic rings. The highest BCUT2D eigenvalue weighted by molar-refractivity contribution is 14.1. The second-order valence-corrected chi connectivity index (χ2v) is 5.94.